The smallest absolute Gasteiger partial charge is 0.433 e. The van der Waals surface area contributed by atoms with Gasteiger partial charge in [0.2, 0.25) is 0 Å². The van der Waals surface area contributed by atoms with Crippen molar-refractivity contribution in [1.82, 2.24) is 29.3 Å². The van der Waals surface area contributed by atoms with Crippen LogP contribution in [-0.4, -0.2) is 88.6 Å². The molecule has 42 heavy (non-hydrogen) atoms. The number of aromatic nitrogens is 3. The molecular weight excluding hydrogens is 545 g/mol. The van der Waals surface area contributed by atoms with E-state index in [2.05, 4.69) is 32.0 Å². The predicted octanol–water partition coefficient (Wildman–Crippen LogP) is 5.18. The monoisotopic (exact) mass is 580 g/mol. The van der Waals surface area contributed by atoms with Crippen LogP contribution in [0.5, 0.6) is 5.75 Å². The number of alkyl halides is 3. The first-order valence-corrected chi connectivity index (χ1v) is 13.8. The molecule has 0 radical (unpaired) electrons. The van der Waals surface area contributed by atoms with Crippen LogP contribution in [0.25, 0.3) is 16.9 Å². The predicted molar refractivity (Wildman–Crippen MR) is 155 cm³/mol. The van der Waals surface area contributed by atoms with Gasteiger partial charge in [-0.15, -0.1) is 0 Å². The van der Waals surface area contributed by atoms with Crippen molar-refractivity contribution in [2.45, 2.75) is 32.1 Å². The summed E-state index contributed by atoms with van der Waals surface area (Å²) in [6.07, 6.45) is -3.51. The lowest BCUT2D eigenvalue weighted by Gasteiger charge is -2.44. The molecule has 222 valence electrons. The number of carbonyl (C=O) groups is 1. The van der Waals surface area contributed by atoms with E-state index in [0.29, 0.717) is 30.9 Å². The fraction of sp³-hybridized carbons (Fsp3) is 0.387. The van der Waals surface area contributed by atoms with Gasteiger partial charge in [0.15, 0.2) is 11.3 Å². The van der Waals surface area contributed by atoms with E-state index in [-0.39, 0.29) is 40.5 Å². The molecule has 4 aromatic rings. The molecular formula is C31H35F3N6O2. The number of likely N-dealkylation sites (N-methyl/N-ethyl adjacent to an activating group) is 1. The molecule has 1 aliphatic rings. The van der Waals surface area contributed by atoms with Crippen LogP contribution < -0.4 is 4.74 Å². The Kier molecular flexibility index (Phi) is 8.25. The Morgan fingerprint density at radius 1 is 1.10 bits per heavy atom. The highest BCUT2D eigenvalue weighted by atomic mass is 19.4. The number of ether oxygens (including phenoxy) is 1. The molecule has 1 aliphatic heterocycles. The average Bonchev–Trinajstić information content (AvgIpc) is 3.38. The number of nitrogens with zero attached hydrogens (tertiary/aromatic N) is 6. The summed E-state index contributed by atoms with van der Waals surface area (Å²) in [6.45, 7) is 5.83. The number of rotatable bonds is 7. The lowest BCUT2D eigenvalue weighted by molar-refractivity contribution is -0.143. The van der Waals surface area contributed by atoms with E-state index in [1.54, 1.807) is 29.2 Å². The van der Waals surface area contributed by atoms with Gasteiger partial charge in [0.1, 0.15) is 11.3 Å². The first-order valence-electron chi connectivity index (χ1n) is 13.8. The normalized spacial score (nSPS) is 17.2. The molecule has 2 aromatic heterocycles. The third-order valence-corrected chi connectivity index (χ3v) is 7.83. The van der Waals surface area contributed by atoms with Gasteiger partial charge in [0.25, 0.3) is 5.91 Å². The summed E-state index contributed by atoms with van der Waals surface area (Å²) in [7, 11) is 5.59. The van der Waals surface area contributed by atoms with Gasteiger partial charge in [-0.05, 0) is 57.8 Å². The lowest BCUT2D eigenvalue weighted by Crippen LogP contribution is -2.55. The number of methoxy groups -OCH3 is 1. The standard InChI is InChI=1S/C31H35F3N6O2/c1-20-18-38(26(19-37(3)4)22-9-7-6-8-10-22)15-16-39(20)30(41)25-17-35-40-28(31(32,33)34)21(2)27(36-29(25)40)23-11-13-24(42-5)14-12-23/h6-14,17,20,26H,15-16,18-19H2,1-5H3/t20-,26+/m1/s1. The maximum absolute atomic E-state index is 14.4. The number of benzene rings is 2. The van der Waals surface area contributed by atoms with Crippen LogP contribution in [-0.2, 0) is 6.18 Å². The summed E-state index contributed by atoms with van der Waals surface area (Å²) in [5.41, 5.74) is 0.722. The molecule has 0 spiro atoms. The SMILES string of the molecule is COc1ccc(-c2nc3c(C(=O)N4CCN([C@@H](CN(C)C)c5ccccc5)C[C@H]4C)cnn3c(C(F)(F)F)c2C)cc1. The molecule has 0 saturated carbocycles. The Morgan fingerprint density at radius 3 is 2.38 bits per heavy atom. The molecule has 0 aliphatic carbocycles. The number of amides is 1. The lowest BCUT2D eigenvalue weighted by atomic mass is 10.0. The van der Waals surface area contributed by atoms with Crippen molar-refractivity contribution < 1.29 is 22.7 Å². The summed E-state index contributed by atoms with van der Waals surface area (Å²) < 4.78 is 49.0. The van der Waals surface area contributed by atoms with Crippen molar-refractivity contribution in [3.8, 4) is 17.0 Å². The maximum atomic E-state index is 14.4. The van der Waals surface area contributed by atoms with E-state index >= 15 is 0 Å². The second-order valence-corrected chi connectivity index (χ2v) is 11.0. The van der Waals surface area contributed by atoms with Gasteiger partial charge in [-0.1, -0.05) is 30.3 Å². The van der Waals surface area contributed by atoms with E-state index in [9.17, 15) is 18.0 Å². The van der Waals surface area contributed by atoms with Crippen LogP contribution in [0.4, 0.5) is 13.2 Å². The fourth-order valence-corrected chi connectivity index (χ4v) is 5.77. The Bertz CT molecular complexity index is 1550. The summed E-state index contributed by atoms with van der Waals surface area (Å²) >= 11 is 0. The van der Waals surface area contributed by atoms with Crippen molar-refractivity contribution in [3.63, 3.8) is 0 Å². The van der Waals surface area contributed by atoms with E-state index in [1.165, 1.54) is 25.8 Å². The van der Waals surface area contributed by atoms with Gasteiger partial charge in [-0.25, -0.2) is 9.50 Å². The Balaban J connectivity index is 1.48. The van der Waals surface area contributed by atoms with Crippen LogP contribution in [0.15, 0.2) is 60.8 Å². The largest absolute Gasteiger partial charge is 0.497 e. The minimum atomic E-state index is -4.71. The molecule has 3 heterocycles. The first-order chi connectivity index (χ1) is 20.0. The third kappa shape index (κ3) is 5.71. The maximum Gasteiger partial charge on any atom is 0.433 e. The number of carbonyl (C=O) groups excluding carboxylic acids is 1. The summed E-state index contributed by atoms with van der Waals surface area (Å²) in [4.78, 5) is 24.7. The second-order valence-electron chi connectivity index (χ2n) is 11.0. The van der Waals surface area contributed by atoms with Crippen molar-refractivity contribution in [1.29, 1.82) is 0 Å². The summed E-state index contributed by atoms with van der Waals surface area (Å²) in [5.74, 6) is 0.188. The molecule has 1 saturated heterocycles. The van der Waals surface area contributed by atoms with Crippen LogP contribution in [0.3, 0.4) is 0 Å². The quantitative estimate of drug-likeness (QED) is 0.300. The molecule has 5 rings (SSSR count). The van der Waals surface area contributed by atoms with Crippen LogP contribution in [0.1, 0.15) is 40.1 Å². The zero-order valence-corrected chi connectivity index (χ0v) is 24.4. The van der Waals surface area contributed by atoms with E-state index < -0.39 is 11.9 Å². The Morgan fingerprint density at radius 2 is 1.79 bits per heavy atom. The minimum absolute atomic E-state index is 0.0449. The highest BCUT2D eigenvalue weighted by Gasteiger charge is 2.40. The molecule has 2 aromatic carbocycles. The van der Waals surface area contributed by atoms with Crippen LogP contribution in [0, 0.1) is 6.92 Å². The molecule has 0 unspecified atom stereocenters. The van der Waals surface area contributed by atoms with Gasteiger partial charge in [0.05, 0.1) is 19.0 Å². The topological polar surface area (TPSA) is 66.2 Å². The van der Waals surface area contributed by atoms with E-state index in [4.69, 9.17) is 4.74 Å². The van der Waals surface area contributed by atoms with Crippen LogP contribution >= 0.6 is 0 Å². The van der Waals surface area contributed by atoms with Crippen LogP contribution in [0.2, 0.25) is 0 Å². The molecule has 0 bridgehead atoms. The summed E-state index contributed by atoms with van der Waals surface area (Å²) in [6, 6.07) is 16.9. The number of piperazine rings is 1. The molecule has 0 N–H and O–H groups in total. The highest BCUT2D eigenvalue weighted by molar-refractivity contribution is 6.00. The number of hydrogen-bond acceptors (Lipinski definition) is 6. The number of hydrogen-bond donors (Lipinski definition) is 0. The van der Waals surface area contributed by atoms with Gasteiger partial charge in [-0.3, -0.25) is 9.69 Å². The van der Waals surface area contributed by atoms with Gasteiger partial charge < -0.3 is 14.5 Å². The van der Waals surface area contributed by atoms with Crippen molar-refractivity contribution in [2.24, 2.45) is 0 Å². The molecule has 1 amide bonds. The van der Waals surface area contributed by atoms with Gasteiger partial charge in [0, 0.05) is 49.4 Å². The Hall–Kier alpha value is -3.96. The van der Waals surface area contributed by atoms with Crippen molar-refractivity contribution in [2.75, 3.05) is 47.4 Å². The van der Waals surface area contributed by atoms with Gasteiger partial charge in [-0.2, -0.15) is 18.3 Å². The number of fused-ring (bicyclic) bond motifs is 1. The molecule has 1 fully saturated rings. The molecule has 2 atom stereocenters. The van der Waals surface area contributed by atoms with Crippen molar-refractivity contribution >= 4 is 11.6 Å². The summed E-state index contributed by atoms with van der Waals surface area (Å²) in [5, 5.41) is 4.02. The zero-order valence-electron chi connectivity index (χ0n) is 24.4. The van der Waals surface area contributed by atoms with Crippen molar-refractivity contribution in [3.05, 3.63) is 83.2 Å². The Labute approximate surface area is 243 Å². The molecule has 8 nitrogen and oxygen atoms in total. The fourth-order valence-electron chi connectivity index (χ4n) is 5.77. The number of halogens is 3. The third-order valence-electron chi connectivity index (χ3n) is 7.83. The van der Waals surface area contributed by atoms with E-state index in [0.717, 1.165) is 11.1 Å². The second kappa shape index (κ2) is 11.7. The first kappa shape index (κ1) is 29.5. The molecule has 11 heteroatoms. The van der Waals surface area contributed by atoms with E-state index in [1.807, 2.05) is 39.2 Å². The highest BCUT2D eigenvalue weighted by Crippen LogP contribution is 2.37. The minimum Gasteiger partial charge on any atom is -0.497 e. The van der Waals surface area contributed by atoms with Gasteiger partial charge >= 0.3 is 6.18 Å². The average molecular weight is 581 g/mol. The zero-order chi connectivity index (χ0) is 30.2.